The van der Waals surface area contributed by atoms with E-state index >= 15 is 0 Å². The van der Waals surface area contributed by atoms with Crippen LogP contribution in [-0.4, -0.2) is 24.8 Å². The summed E-state index contributed by atoms with van der Waals surface area (Å²) in [7, 11) is -3.67. The van der Waals surface area contributed by atoms with Gasteiger partial charge in [-0.15, -0.1) is 0 Å². The van der Waals surface area contributed by atoms with E-state index in [0.717, 1.165) is 5.56 Å². The minimum absolute atomic E-state index is 0.0879. The molecule has 0 aliphatic heterocycles. The van der Waals surface area contributed by atoms with Crippen molar-refractivity contribution in [3.63, 3.8) is 0 Å². The standard InChI is InChI=1S/C23H24FN3O4S/c1-23(2,3)27-32(29,30)20-11-5-17(6-12-20)22(28)26-15-16-4-13-21(25-14-16)31-19-9-7-18(24)8-10-19/h4-14,27H,15H2,1-3H3,(H,26,28). The Morgan fingerprint density at radius 1 is 1.00 bits per heavy atom. The van der Waals surface area contributed by atoms with Crippen molar-refractivity contribution in [3.8, 4) is 11.6 Å². The zero-order valence-corrected chi connectivity index (χ0v) is 18.7. The molecule has 1 amide bonds. The Balaban J connectivity index is 1.56. The molecule has 9 heteroatoms. The fourth-order valence-corrected chi connectivity index (χ4v) is 4.15. The molecule has 3 rings (SSSR count). The summed E-state index contributed by atoms with van der Waals surface area (Å²) in [5, 5.41) is 2.76. The monoisotopic (exact) mass is 457 g/mol. The molecule has 7 nitrogen and oxygen atoms in total. The Bertz CT molecular complexity index is 1170. The Hall–Kier alpha value is -3.30. The van der Waals surface area contributed by atoms with Gasteiger partial charge in [-0.05, 0) is 74.9 Å². The van der Waals surface area contributed by atoms with Gasteiger partial charge < -0.3 is 10.1 Å². The second-order valence-corrected chi connectivity index (χ2v) is 9.81. The highest BCUT2D eigenvalue weighted by molar-refractivity contribution is 7.89. The highest BCUT2D eigenvalue weighted by atomic mass is 32.2. The van der Waals surface area contributed by atoms with Gasteiger partial charge >= 0.3 is 0 Å². The van der Waals surface area contributed by atoms with E-state index in [9.17, 15) is 17.6 Å². The zero-order chi connectivity index (χ0) is 23.4. The van der Waals surface area contributed by atoms with Crippen LogP contribution >= 0.6 is 0 Å². The number of hydrogen-bond donors (Lipinski definition) is 2. The molecule has 32 heavy (non-hydrogen) atoms. The predicted octanol–water partition coefficient (Wildman–Crippen LogP) is 4.02. The van der Waals surface area contributed by atoms with Crippen molar-refractivity contribution in [2.24, 2.45) is 0 Å². The van der Waals surface area contributed by atoms with Crippen LogP contribution in [0.25, 0.3) is 0 Å². The van der Waals surface area contributed by atoms with Crippen LogP contribution in [0.15, 0.2) is 71.8 Å². The van der Waals surface area contributed by atoms with Gasteiger partial charge in [0.2, 0.25) is 15.9 Å². The molecule has 0 radical (unpaired) electrons. The van der Waals surface area contributed by atoms with Gasteiger partial charge in [-0.1, -0.05) is 6.07 Å². The number of nitrogens with one attached hydrogen (secondary N) is 2. The van der Waals surface area contributed by atoms with Crippen LogP contribution in [0.5, 0.6) is 11.6 Å². The number of carbonyl (C=O) groups excluding carboxylic acids is 1. The molecule has 0 spiro atoms. The van der Waals surface area contributed by atoms with Crippen molar-refractivity contribution in [2.75, 3.05) is 0 Å². The first-order chi connectivity index (χ1) is 15.0. The number of rotatable bonds is 7. The summed E-state index contributed by atoms with van der Waals surface area (Å²) in [5.74, 6) is 0.106. The maximum atomic E-state index is 12.9. The van der Waals surface area contributed by atoms with Gasteiger partial charge in [-0.2, -0.15) is 0 Å². The molecule has 0 aliphatic rings. The molecule has 1 heterocycles. The molecule has 0 bridgehead atoms. The Labute approximate surface area is 186 Å². The van der Waals surface area contributed by atoms with Gasteiger partial charge in [-0.25, -0.2) is 22.5 Å². The summed E-state index contributed by atoms with van der Waals surface area (Å²) in [6.45, 7) is 5.49. The first-order valence-electron chi connectivity index (χ1n) is 9.82. The summed E-state index contributed by atoms with van der Waals surface area (Å²) in [5.41, 5.74) is 0.477. The first kappa shape index (κ1) is 23.4. The van der Waals surface area contributed by atoms with Crippen molar-refractivity contribution in [3.05, 3.63) is 83.8 Å². The van der Waals surface area contributed by atoms with E-state index in [4.69, 9.17) is 4.74 Å². The maximum Gasteiger partial charge on any atom is 0.251 e. The van der Waals surface area contributed by atoms with E-state index in [1.807, 2.05) is 0 Å². The van der Waals surface area contributed by atoms with E-state index in [1.54, 1.807) is 39.1 Å². The number of sulfonamides is 1. The SMILES string of the molecule is CC(C)(C)NS(=O)(=O)c1ccc(C(=O)NCc2ccc(Oc3ccc(F)cc3)nc2)cc1. The van der Waals surface area contributed by atoms with Crippen LogP contribution in [0.4, 0.5) is 4.39 Å². The third-order valence-corrected chi connectivity index (χ3v) is 5.93. The lowest BCUT2D eigenvalue weighted by atomic mass is 10.1. The summed E-state index contributed by atoms with van der Waals surface area (Å²) in [4.78, 5) is 16.7. The van der Waals surface area contributed by atoms with Crippen molar-refractivity contribution in [1.82, 2.24) is 15.0 Å². The largest absolute Gasteiger partial charge is 0.439 e. The lowest BCUT2D eigenvalue weighted by molar-refractivity contribution is 0.0950. The van der Waals surface area contributed by atoms with Crippen LogP contribution in [-0.2, 0) is 16.6 Å². The van der Waals surface area contributed by atoms with Crippen LogP contribution in [0.1, 0.15) is 36.7 Å². The summed E-state index contributed by atoms with van der Waals surface area (Å²) in [6, 6.07) is 14.7. The fourth-order valence-electron chi connectivity index (χ4n) is 2.73. The summed E-state index contributed by atoms with van der Waals surface area (Å²) < 4.78 is 45.8. The molecule has 0 saturated carbocycles. The van der Waals surface area contributed by atoms with E-state index in [1.165, 1.54) is 48.5 Å². The number of nitrogens with zero attached hydrogens (tertiary/aromatic N) is 1. The molecule has 2 aromatic carbocycles. The minimum atomic E-state index is -3.67. The quantitative estimate of drug-likeness (QED) is 0.559. The number of aromatic nitrogens is 1. The molecule has 0 saturated heterocycles. The van der Waals surface area contributed by atoms with Gasteiger partial charge in [0, 0.05) is 29.9 Å². The smallest absolute Gasteiger partial charge is 0.251 e. The first-order valence-corrected chi connectivity index (χ1v) is 11.3. The van der Waals surface area contributed by atoms with Crippen LogP contribution in [0.2, 0.25) is 0 Å². The highest BCUT2D eigenvalue weighted by Crippen LogP contribution is 2.19. The molecular weight excluding hydrogens is 433 g/mol. The topological polar surface area (TPSA) is 97.4 Å². The molecular formula is C23H24FN3O4S. The Morgan fingerprint density at radius 3 is 2.22 bits per heavy atom. The molecule has 2 N–H and O–H groups in total. The van der Waals surface area contributed by atoms with E-state index < -0.39 is 15.6 Å². The highest BCUT2D eigenvalue weighted by Gasteiger charge is 2.22. The zero-order valence-electron chi connectivity index (χ0n) is 17.9. The number of carbonyl (C=O) groups is 1. The lowest BCUT2D eigenvalue weighted by Crippen LogP contribution is -2.40. The second-order valence-electron chi connectivity index (χ2n) is 8.12. The third-order valence-electron chi connectivity index (χ3n) is 4.15. The van der Waals surface area contributed by atoms with Crippen molar-refractivity contribution in [2.45, 2.75) is 37.8 Å². The molecule has 0 atom stereocenters. The van der Waals surface area contributed by atoms with Crippen LogP contribution in [0.3, 0.4) is 0 Å². The number of ether oxygens (including phenoxy) is 1. The Morgan fingerprint density at radius 2 is 1.66 bits per heavy atom. The molecule has 0 fully saturated rings. The molecule has 3 aromatic rings. The minimum Gasteiger partial charge on any atom is -0.439 e. The maximum absolute atomic E-state index is 12.9. The lowest BCUT2D eigenvalue weighted by Gasteiger charge is -2.20. The van der Waals surface area contributed by atoms with Gasteiger partial charge in [0.1, 0.15) is 11.6 Å². The number of halogens is 1. The number of hydrogen-bond acceptors (Lipinski definition) is 5. The molecule has 0 unspecified atom stereocenters. The van der Waals surface area contributed by atoms with Gasteiger partial charge in [0.25, 0.3) is 5.91 Å². The third kappa shape index (κ3) is 6.60. The van der Waals surface area contributed by atoms with Crippen molar-refractivity contribution >= 4 is 15.9 Å². The van der Waals surface area contributed by atoms with Gasteiger partial charge in [0.05, 0.1) is 4.90 Å². The average Bonchev–Trinajstić information content (AvgIpc) is 2.73. The number of pyridine rings is 1. The van der Waals surface area contributed by atoms with Gasteiger partial charge in [-0.3, -0.25) is 4.79 Å². The second kappa shape index (κ2) is 9.46. The summed E-state index contributed by atoms with van der Waals surface area (Å²) in [6.07, 6.45) is 1.56. The molecule has 1 aromatic heterocycles. The van der Waals surface area contributed by atoms with Crippen molar-refractivity contribution in [1.29, 1.82) is 0 Å². The number of benzene rings is 2. The Kier molecular flexibility index (Phi) is 6.90. The van der Waals surface area contributed by atoms with E-state index in [2.05, 4.69) is 15.0 Å². The predicted molar refractivity (Wildman–Crippen MR) is 118 cm³/mol. The van der Waals surface area contributed by atoms with Crippen LogP contribution < -0.4 is 14.8 Å². The normalized spacial score (nSPS) is 11.8. The molecule has 168 valence electrons. The summed E-state index contributed by atoms with van der Waals surface area (Å²) >= 11 is 0. The van der Waals surface area contributed by atoms with E-state index in [0.29, 0.717) is 17.2 Å². The molecule has 0 aliphatic carbocycles. The van der Waals surface area contributed by atoms with E-state index in [-0.39, 0.29) is 23.2 Å². The van der Waals surface area contributed by atoms with Crippen molar-refractivity contribution < 1.29 is 22.3 Å². The average molecular weight is 458 g/mol. The van der Waals surface area contributed by atoms with Gasteiger partial charge in [0.15, 0.2) is 0 Å². The fraction of sp³-hybridized carbons (Fsp3) is 0.217. The van der Waals surface area contributed by atoms with Crippen LogP contribution in [0, 0.1) is 5.82 Å². The number of amides is 1.